The summed E-state index contributed by atoms with van der Waals surface area (Å²) in [5.41, 5.74) is 6.37. The van der Waals surface area contributed by atoms with Crippen molar-refractivity contribution in [3.05, 3.63) is 69.8 Å². The number of halogens is 1. The molecule has 2 aromatic rings. The minimum Gasteiger partial charge on any atom is -0.348 e. The van der Waals surface area contributed by atoms with Crippen LogP contribution >= 0.6 is 15.9 Å². The molecule has 3 heteroatoms. The molecule has 0 atom stereocenters. The lowest BCUT2D eigenvalue weighted by atomic mass is 9.99. The summed E-state index contributed by atoms with van der Waals surface area (Å²) >= 11 is 3.43. The van der Waals surface area contributed by atoms with Gasteiger partial charge in [-0.2, -0.15) is 0 Å². The fraction of sp³-hybridized carbons (Fsp3) is 0.278. The second-order valence-corrected chi connectivity index (χ2v) is 5.97. The van der Waals surface area contributed by atoms with E-state index in [4.69, 9.17) is 0 Å². The van der Waals surface area contributed by atoms with Crippen molar-refractivity contribution in [2.75, 3.05) is 0 Å². The first-order valence-electron chi connectivity index (χ1n) is 7.01. The standard InChI is InChI=1S/C18H20BrNO/c1-12-8-13(2)17(14(3)9-12)18(21)20-11-16-6-4-15(10-19)5-7-16/h4-9H,10-11H2,1-3H3,(H,20,21). The summed E-state index contributed by atoms with van der Waals surface area (Å²) in [6, 6.07) is 12.3. The molecule has 2 rings (SSSR count). The molecule has 0 radical (unpaired) electrons. The van der Waals surface area contributed by atoms with Crippen molar-refractivity contribution < 1.29 is 4.79 Å². The number of benzene rings is 2. The Bertz CT molecular complexity index is 624. The highest BCUT2D eigenvalue weighted by atomic mass is 79.9. The van der Waals surface area contributed by atoms with E-state index in [2.05, 4.69) is 33.4 Å². The van der Waals surface area contributed by atoms with Gasteiger partial charge in [0.2, 0.25) is 0 Å². The molecule has 0 saturated carbocycles. The Morgan fingerprint density at radius 1 is 1.00 bits per heavy atom. The van der Waals surface area contributed by atoms with Gasteiger partial charge in [-0.3, -0.25) is 4.79 Å². The molecule has 0 aliphatic rings. The van der Waals surface area contributed by atoms with Crippen molar-refractivity contribution in [3.8, 4) is 0 Å². The minimum atomic E-state index is -0.00503. The van der Waals surface area contributed by atoms with Gasteiger partial charge in [0, 0.05) is 17.4 Å². The van der Waals surface area contributed by atoms with E-state index in [1.54, 1.807) is 0 Å². The van der Waals surface area contributed by atoms with E-state index in [0.717, 1.165) is 27.6 Å². The quantitative estimate of drug-likeness (QED) is 0.815. The van der Waals surface area contributed by atoms with Gasteiger partial charge in [-0.25, -0.2) is 0 Å². The molecule has 110 valence electrons. The van der Waals surface area contributed by atoms with Crippen LogP contribution in [0.15, 0.2) is 36.4 Å². The number of amides is 1. The number of carbonyl (C=O) groups is 1. The number of alkyl halides is 1. The molecule has 1 N–H and O–H groups in total. The average Bonchev–Trinajstić information content (AvgIpc) is 2.44. The number of aryl methyl sites for hydroxylation is 3. The third kappa shape index (κ3) is 3.94. The lowest BCUT2D eigenvalue weighted by Crippen LogP contribution is -2.24. The number of hydrogen-bond acceptors (Lipinski definition) is 1. The molecule has 0 unspecified atom stereocenters. The molecule has 0 fully saturated rings. The van der Waals surface area contributed by atoms with Crippen LogP contribution in [0.3, 0.4) is 0 Å². The SMILES string of the molecule is Cc1cc(C)c(C(=O)NCc2ccc(CBr)cc2)c(C)c1. The molecule has 0 bridgehead atoms. The maximum absolute atomic E-state index is 12.4. The van der Waals surface area contributed by atoms with Gasteiger partial charge in [0.1, 0.15) is 0 Å². The summed E-state index contributed by atoms with van der Waals surface area (Å²) in [6.45, 7) is 6.57. The third-order valence-electron chi connectivity index (χ3n) is 3.53. The average molecular weight is 346 g/mol. The van der Waals surface area contributed by atoms with Crippen molar-refractivity contribution in [3.63, 3.8) is 0 Å². The molecule has 0 heterocycles. The predicted octanol–water partition coefficient (Wildman–Crippen LogP) is 4.44. The molecule has 1 amide bonds. The number of rotatable bonds is 4. The first-order valence-corrected chi connectivity index (χ1v) is 8.13. The van der Waals surface area contributed by atoms with Gasteiger partial charge >= 0.3 is 0 Å². The van der Waals surface area contributed by atoms with E-state index in [1.807, 2.05) is 45.0 Å². The van der Waals surface area contributed by atoms with Crippen LogP contribution in [0.4, 0.5) is 0 Å². The van der Waals surface area contributed by atoms with E-state index in [-0.39, 0.29) is 5.91 Å². The first kappa shape index (κ1) is 15.8. The Morgan fingerprint density at radius 3 is 2.05 bits per heavy atom. The zero-order valence-electron chi connectivity index (χ0n) is 12.7. The Hall–Kier alpha value is -1.61. The van der Waals surface area contributed by atoms with Crippen LogP contribution in [0.1, 0.15) is 38.2 Å². The van der Waals surface area contributed by atoms with Crippen LogP contribution in [-0.2, 0) is 11.9 Å². The molecule has 0 spiro atoms. The highest BCUT2D eigenvalue weighted by Gasteiger charge is 2.12. The number of carbonyl (C=O) groups excluding carboxylic acids is 1. The van der Waals surface area contributed by atoms with Crippen LogP contribution in [0.25, 0.3) is 0 Å². The van der Waals surface area contributed by atoms with Crippen molar-refractivity contribution in [1.82, 2.24) is 5.32 Å². The Kier molecular flexibility index (Phi) is 5.18. The van der Waals surface area contributed by atoms with Gasteiger partial charge in [0.05, 0.1) is 0 Å². The maximum atomic E-state index is 12.4. The molecular formula is C18H20BrNO. The Labute approximate surface area is 134 Å². The van der Waals surface area contributed by atoms with E-state index in [9.17, 15) is 4.79 Å². The highest BCUT2D eigenvalue weighted by molar-refractivity contribution is 9.08. The van der Waals surface area contributed by atoms with Crippen molar-refractivity contribution in [1.29, 1.82) is 0 Å². The molecule has 21 heavy (non-hydrogen) atoms. The summed E-state index contributed by atoms with van der Waals surface area (Å²) in [6.07, 6.45) is 0. The van der Waals surface area contributed by atoms with Gasteiger partial charge in [0.15, 0.2) is 0 Å². The molecule has 2 nitrogen and oxygen atoms in total. The van der Waals surface area contributed by atoms with Crippen LogP contribution in [0, 0.1) is 20.8 Å². The van der Waals surface area contributed by atoms with Crippen LogP contribution in [0.5, 0.6) is 0 Å². The lowest BCUT2D eigenvalue weighted by molar-refractivity contribution is 0.0949. The smallest absolute Gasteiger partial charge is 0.252 e. The molecule has 2 aromatic carbocycles. The molecule has 0 aliphatic heterocycles. The van der Waals surface area contributed by atoms with Crippen LogP contribution in [0.2, 0.25) is 0 Å². The molecule has 0 aliphatic carbocycles. The van der Waals surface area contributed by atoms with Gasteiger partial charge in [-0.1, -0.05) is 57.9 Å². The molecule has 0 aromatic heterocycles. The lowest BCUT2D eigenvalue weighted by Gasteiger charge is -2.12. The van der Waals surface area contributed by atoms with Crippen molar-refractivity contribution in [2.24, 2.45) is 0 Å². The van der Waals surface area contributed by atoms with Crippen molar-refractivity contribution in [2.45, 2.75) is 32.6 Å². The Morgan fingerprint density at radius 2 is 1.52 bits per heavy atom. The fourth-order valence-corrected chi connectivity index (χ4v) is 2.93. The summed E-state index contributed by atoms with van der Waals surface area (Å²) in [5, 5.41) is 3.85. The maximum Gasteiger partial charge on any atom is 0.252 e. The second-order valence-electron chi connectivity index (χ2n) is 5.41. The summed E-state index contributed by atoms with van der Waals surface area (Å²) in [4.78, 5) is 12.4. The van der Waals surface area contributed by atoms with Crippen LogP contribution < -0.4 is 5.32 Å². The second kappa shape index (κ2) is 6.90. The number of hydrogen-bond donors (Lipinski definition) is 1. The van der Waals surface area contributed by atoms with Crippen molar-refractivity contribution >= 4 is 21.8 Å². The largest absolute Gasteiger partial charge is 0.348 e. The van der Waals surface area contributed by atoms with E-state index < -0.39 is 0 Å². The minimum absolute atomic E-state index is 0.00503. The van der Waals surface area contributed by atoms with Gasteiger partial charge in [-0.05, 0) is 43.0 Å². The van der Waals surface area contributed by atoms with E-state index >= 15 is 0 Å². The van der Waals surface area contributed by atoms with Gasteiger partial charge < -0.3 is 5.32 Å². The van der Waals surface area contributed by atoms with E-state index in [1.165, 1.54) is 11.1 Å². The molecule has 0 saturated heterocycles. The Balaban J connectivity index is 2.08. The zero-order valence-corrected chi connectivity index (χ0v) is 14.3. The summed E-state index contributed by atoms with van der Waals surface area (Å²) in [5.74, 6) is -0.00503. The third-order valence-corrected chi connectivity index (χ3v) is 4.18. The van der Waals surface area contributed by atoms with Gasteiger partial charge in [0.25, 0.3) is 5.91 Å². The van der Waals surface area contributed by atoms with E-state index in [0.29, 0.717) is 6.54 Å². The van der Waals surface area contributed by atoms with Crippen LogP contribution in [-0.4, -0.2) is 5.91 Å². The number of nitrogens with one attached hydrogen (secondary N) is 1. The monoisotopic (exact) mass is 345 g/mol. The predicted molar refractivity (Wildman–Crippen MR) is 90.9 cm³/mol. The topological polar surface area (TPSA) is 29.1 Å². The summed E-state index contributed by atoms with van der Waals surface area (Å²) in [7, 11) is 0. The fourth-order valence-electron chi connectivity index (χ4n) is 2.56. The van der Waals surface area contributed by atoms with Gasteiger partial charge in [-0.15, -0.1) is 0 Å². The summed E-state index contributed by atoms with van der Waals surface area (Å²) < 4.78 is 0. The zero-order chi connectivity index (χ0) is 15.4. The normalized spacial score (nSPS) is 10.5. The highest BCUT2D eigenvalue weighted by Crippen LogP contribution is 2.16. The molecular weight excluding hydrogens is 326 g/mol. The first-order chi connectivity index (χ1) is 10.0.